The van der Waals surface area contributed by atoms with E-state index in [-0.39, 0.29) is 0 Å². The number of halogens is 1. The summed E-state index contributed by atoms with van der Waals surface area (Å²) < 4.78 is 0. The summed E-state index contributed by atoms with van der Waals surface area (Å²) in [7, 11) is 2.02. The van der Waals surface area contributed by atoms with Crippen LogP contribution in [0.2, 0.25) is 5.02 Å². The van der Waals surface area contributed by atoms with Crippen molar-refractivity contribution in [2.75, 3.05) is 25.0 Å². The van der Waals surface area contributed by atoms with Crippen molar-refractivity contribution in [2.24, 2.45) is 5.92 Å². The van der Waals surface area contributed by atoms with Crippen molar-refractivity contribution in [3.8, 4) is 0 Å². The predicted molar refractivity (Wildman–Crippen MR) is 79.4 cm³/mol. The maximum Gasteiger partial charge on any atom is 0.147 e. The molecule has 0 radical (unpaired) electrons. The van der Waals surface area contributed by atoms with E-state index in [0.29, 0.717) is 5.92 Å². The molecule has 1 rings (SSSR count). The van der Waals surface area contributed by atoms with E-state index in [9.17, 15) is 0 Å². The van der Waals surface area contributed by atoms with Crippen LogP contribution in [0.25, 0.3) is 0 Å². The summed E-state index contributed by atoms with van der Waals surface area (Å²) in [5, 5.41) is 4.12. The Hall–Kier alpha value is -0.800. The highest BCUT2D eigenvalue weighted by Crippen LogP contribution is 2.23. The van der Waals surface area contributed by atoms with Gasteiger partial charge in [0.05, 0.1) is 5.02 Å². The first-order valence-electron chi connectivity index (χ1n) is 6.60. The maximum atomic E-state index is 6.27. The van der Waals surface area contributed by atoms with Gasteiger partial charge in [0.25, 0.3) is 0 Å². The lowest BCUT2D eigenvalue weighted by atomic mass is 10.2. The topological polar surface area (TPSA) is 28.2 Å². The molecule has 0 spiro atoms. The second-order valence-corrected chi connectivity index (χ2v) is 5.50. The molecule has 18 heavy (non-hydrogen) atoms. The SMILES string of the molecule is CCCN(C)c1ncc(CNCC(C)C)cc1Cl. The van der Waals surface area contributed by atoms with Gasteiger partial charge in [-0.05, 0) is 30.5 Å². The first-order valence-corrected chi connectivity index (χ1v) is 6.98. The molecule has 1 heterocycles. The Morgan fingerprint density at radius 3 is 2.72 bits per heavy atom. The van der Waals surface area contributed by atoms with Crippen molar-refractivity contribution in [1.29, 1.82) is 0 Å². The van der Waals surface area contributed by atoms with Crippen LogP contribution >= 0.6 is 11.6 Å². The summed E-state index contributed by atoms with van der Waals surface area (Å²) in [5.41, 5.74) is 1.13. The number of nitrogens with zero attached hydrogens (tertiary/aromatic N) is 2. The third-order valence-corrected chi connectivity index (χ3v) is 2.96. The Labute approximate surface area is 116 Å². The molecule has 3 nitrogen and oxygen atoms in total. The monoisotopic (exact) mass is 269 g/mol. The fourth-order valence-electron chi connectivity index (χ4n) is 1.79. The molecule has 0 aromatic carbocycles. The molecule has 0 aliphatic rings. The van der Waals surface area contributed by atoms with Crippen molar-refractivity contribution in [3.63, 3.8) is 0 Å². The first kappa shape index (κ1) is 15.3. The second kappa shape index (κ2) is 7.59. The van der Waals surface area contributed by atoms with Gasteiger partial charge in [-0.3, -0.25) is 0 Å². The number of hydrogen-bond donors (Lipinski definition) is 1. The molecule has 4 heteroatoms. The minimum absolute atomic E-state index is 0.656. The molecule has 1 aromatic heterocycles. The lowest BCUT2D eigenvalue weighted by molar-refractivity contribution is 0.552. The van der Waals surface area contributed by atoms with Gasteiger partial charge in [0, 0.05) is 26.3 Å². The molecule has 0 saturated heterocycles. The van der Waals surface area contributed by atoms with Crippen LogP contribution in [0, 0.1) is 5.92 Å². The summed E-state index contributed by atoms with van der Waals surface area (Å²) in [5.74, 6) is 1.52. The van der Waals surface area contributed by atoms with E-state index < -0.39 is 0 Å². The number of rotatable bonds is 7. The first-order chi connectivity index (χ1) is 8.54. The molecule has 0 atom stereocenters. The lowest BCUT2D eigenvalue weighted by Gasteiger charge is -2.19. The number of anilines is 1. The highest BCUT2D eigenvalue weighted by atomic mass is 35.5. The minimum Gasteiger partial charge on any atom is -0.358 e. The van der Waals surface area contributed by atoms with E-state index >= 15 is 0 Å². The third-order valence-electron chi connectivity index (χ3n) is 2.68. The highest BCUT2D eigenvalue weighted by molar-refractivity contribution is 6.33. The lowest BCUT2D eigenvalue weighted by Crippen LogP contribution is -2.21. The van der Waals surface area contributed by atoms with Gasteiger partial charge in [0.2, 0.25) is 0 Å². The molecule has 0 fully saturated rings. The molecule has 0 unspecified atom stereocenters. The van der Waals surface area contributed by atoms with Crippen LogP contribution in [0.5, 0.6) is 0 Å². The van der Waals surface area contributed by atoms with Gasteiger partial charge in [0.1, 0.15) is 5.82 Å². The van der Waals surface area contributed by atoms with Gasteiger partial charge in [0.15, 0.2) is 0 Å². The molecule has 1 N–H and O–H groups in total. The molecule has 102 valence electrons. The average molecular weight is 270 g/mol. The van der Waals surface area contributed by atoms with Crippen molar-refractivity contribution in [1.82, 2.24) is 10.3 Å². The normalized spacial score (nSPS) is 11.0. The van der Waals surface area contributed by atoms with E-state index in [1.54, 1.807) is 0 Å². The van der Waals surface area contributed by atoms with Crippen molar-refractivity contribution >= 4 is 17.4 Å². The molecule has 0 bridgehead atoms. The quantitative estimate of drug-likeness (QED) is 0.823. The van der Waals surface area contributed by atoms with Crippen LogP contribution in [0.4, 0.5) is 5.82 Å². The Bertz CT molecular complexity index is 366. The summed E-state index contributed by atoms with van der Waals surface area (Å²) >= 11 is 6.27. The van der Waals surface area contributed by atoms with E-state index in [2.05, 4.69) is 36.0 Å². The summed E-state index contributed by atoms with van der Waals surface area (Å²) in [4.78, 5) is 6.54. The van der Waals surface area contributed by atoms with E-state index in [0.717, 1.165) is 42.5 Å². The van der Waals surface area contributed by atoms with Gasteiger partial charge in [-0.1, -0.05) is 32.4 Å². The maximum absolute atomic E-state index is 6.27. The third kappa shape index (κ3) is 4.83. The van der Waals surface area contributed by atoms with E-state index in [4.69, 9.17) is 11.6 Å². The van der Waals surface area contributed by atoms with Gasteiger partial charge < -0.3 is 10.2 Å². The van der Waals surface area contributed by atoms with Crippen molar-refractivity contribution < 1.29 is 0 Å². The Kier molecular flexibility index (Phi) is 6.44. The smallest absolute Gasteiger partial charge is 0.147 e. The van der Waals surface area contributed by atoms with E-state index in [1.807, 2.05) is 19.3 Å². The predicted octanol–water partition coefficient (Wildman–Crippen LogP) is 3.33. The van der Waals surface area contributed by atoms with Crippen LogP contribution in [-0.2, 0) is 6.54 Å². The molecule has 0 saturated carbocycles. The van der Waals surface area contributed by atoms with E-state index in [1.165, 1.54) is 0 Å². The van der Waals surface area contributed by atoms with Crippen molar-refractivity contribution in [2.45, 2.75) is 33.7 Å². The zero-order chi connectivity index (χ0) is 13.5. The van der Waals surface area contributed by atoms with Crippen LogP contribution < -0.4 is 10.2 Å². The standard InChI is InChI=1S/C14H24ClN3/c1-5-6-18(4)14-13(15)7-12(10-17-14)9-16-8-11(2)3/h7,10-11,16H,5-6,8-9H2,1-4H3. The molecular weight excluding hydrogens is 246 g/mol. The van der Waals surface area contributed by atoms with Crippen LogP contribution in [-0.4, -0.2) is 25.1 Å². The number of nitrogens with one attached hydrogen (secondary N) is 1. The Morgan fingerprint density at radius 2 is 2.17 bits per heavy atom. The fraction of sp³-hybridized carbons (Fsp3) is 0.643. The molecule has 1 aromatic rings. The highest BCUT2D eigenvalue weighted by Gasteiger charge is 2.07. The fourth-order valence-corrected chi connectivity index (χ4v) is 2.13. The molecule has 0 aliphatic carbocycles. The van der Waals surface area contributed by atoms with Gasteiger partial charge in [-0.25, -0.2) is 4.98 Å². The Balaban J connectivity index is 2.61. The zero-order valence-electron chi connectivity index (χ0n) is 11.8. The van der Waals surface area contributed by atoms with Crippen LogP contribution in [0.15, 0.2) is 12.3 Å². The van der Waals surface area contributed by atoms with Crippen LogP contribution in [0.1, 0.15) is 32.8 Å². The number of aromatic nitrogens is 1. The second-order valence-electron chi connectivity index (χ2n) is 5.10. The number of hydrogen-bond acceptors (Lipinski definition) is 3. The van der Waals surface area contributed by atoms with Gasteiger partial charge in [-0.2, -0.15) is 0 Å². The summed E-state index contributed by atoms with van der Waals surface area (Å²) in [6.45, 7) is 9.34. The summed E-state index contributed by atoms with van der Waals surface area (Å²) in [6, 6.07) is 2.00. The van der Waals surface area contributed by atoms with Gasteiger partial charge >= 0.3 is 0 Å². The number of pyridine rings is 1. The molecule has 0 amide bonds. The average Bonchev–Trinajstić information content (AvgIpc) is 2.28. The minimum atomic E-state index is 0.656. The van der Waals surface area contributed by atoms with Crippen molar-refractivity contribution in [3.05, 3.63) is 22.8 Å². The molecular formula is C14H24ClN3. The van der Waals surface area contributed by atoms with Crippen LogP contribution in [0.3, 0.4) is 0 Å². The summed E-state index contributed by atoms with van der Waals surface area (Å²) in [6.07, 6.45) is 2.99. The van der Waals surface area contributed by atoms with Gasteiger partial charge in [-0.15, -0.1) is 0 Å². The largest absolute Gasteiger partial charge is 0.358 e. The molecule has 0 aliphatic heterocycles. The Morgan fingerprint density at radius 1 is 1.44 bits per heavy atom. The zero-order valence-corrected chi connectivity index (χ0v) is 12.6.